The number of ketones is 1. The molecule has 0 spiro atoms. The second-order valence-corrected chi connectivity index (χ2v) is 9.34. The van der Waals surface area contributed by atoms with Gasteiger partial charge in [0.25, 0.3) is 0 Å². The molecule has 2 aromatic carbocycles. The molecule has 178 valence electrons. The van der Waals surface area contributed by atoms with Crippen LogP contribution in [0.5, 0.6) is 11.5 Å². The average molecular weight is 498 g/mol. The highest BCUT2D eigenvalue weighted by Crippen LogP contribution is 2.28. The van der Waals surface area contributed by atoms with Crippen LogP contribution in [0.15, 0.2) is 41.3 Å². The average Bonchev–Trinajstić information content (AvgIpc) is 3.34. The number of benzene rings is 2. The molecule has 9 nitrogen and oxygen atoms in total. The number of rotatable bonds is 10. The number of Topliss-reactive ketones (excluding diaryl/α,β-unsaturated/α-hetero) is 1. The summed E-state index contributed by atoms with van der Waals surface area (Å²) < 4.78 is 48.6. The molecule has 1 fully saturated rings. The minimum atomic E-state index is -3.99. The van der Waals surface area contributed by atoms with Gasteiger partial charge in [-0.05, 0) is 49.2 Å². The van der Waals surface area contributed by atoms with E-state index >= 15 is 0 Å². The fraction of sp³-hybridized carbons (Fsp3) is 0.364. The van der Waals surface area contributed by atoms with Crippen LogP contribution < -0.4 is 14.2 Å². The number of hydrogen-bond acceptors (Lipinski definition) is 8. The van der Waals surface area contributed by atoms with Gasteiger partial charge in [-0.3, -0.25) is 4.79 Å². The number of nitrogens with one attached hydrogen (secondary N) is 1. The van der Waals surface area contributed by atoms with E-state index in [1.54, 1.807) is 6.07 Å². The van der Waals surface area contributed by atoms with Crippen molar-refractivity contribution in [1.82, 2.24) is 4.72 Å². The number of halogens is 1. The third kappa shape index (κ3) is 6.23. The van der Waals surface area contributed by atoms with Crippen LogP contribution in [-0.4, -0.2) is 60.3 Å². The summed E-state index contributed by atoms with van der Waals surface area (Å²) in [7, 11) is -1.08. The Bertz CT molecular complexity index is 1130. The molecule has 1 heterocycles. The number of methoxy groups -OCH3 is 2. The molecule has 1 N–H and O–H groups in total. The first-order valence-electron chi connectivity index (χ1n) is 10.1. The summed E-state index contributed by atoms with van der Waals surface area (Å²) in [5, 5.41) is -0.0483. The van der Waals surface area contributed by atoms with Crippen molar-refractivity contribution in [3.05, 3.63) is 52.5 Å². The van der Waals surface area contributed by atoms with Crippen LogP contribution in [0.4, 0.5) is 0 Å². The lowest BCUT2D eigenvalue weighted by atomic mass is 10.1. The zero-order valence-corrected chi connectivity index (χ0v) is 19.7. The molecule has 1 atom stereocenters. The molecule has 0 bridgehead atoms. The van der Waals surface area contributed by atoms with Crippen molar-refractivity contribution in [2.75, 3.05) is 34.0 Å². The predicted octanol–water partition coefficient (Wildman–Crippen LogP) is 2.85. The van der Waals surface area contributed by atoms with Gasteiger partial charge in [0.2, 0.25) is 10.0 Å². The third-order valence-electron chi connectivity index (χ3n) is 5.02. The van der Waals surface area contributed by atoms with Crippen molar-refractivity contribution in [2.45, 2.75) is 23.8 Å². The minimum Gasteiger partial charge on any atom is -0.493 e. The van der Waals surface area contributed by atoms with Crippen LogP contribution in [0.25, 0.3) is 0 Å². The highest BCUT2D eigenvalue weighted by molar-refractivity contribution is 7.89. The highest BCUT2D eigenvalue weighted by Gasteiger charge is 2.24. The molecule has 2 aromatic rings. The van der Waals surface area contributed by atoms with Crippen molar-refractivity contribution in [3.8, 4) is 11.5 Å². The molecule has 1 saturated heterocycles. The molecule has 11 heteroatoms. The zero-order chi connectivity index (χ0) is 24.0. The van der Waals surface area contributed by atoms with Crippen molar-refractivity contribution in [1.29, 1.82) is 0 Å². The van der Waals surface area contributed by atoms with E-state index in [1.165, 1.54) is 38.5 Å². The maximum absolute atomic E-state index is 12.7. The fourth-order valence-electron chi connectivity index (χ4n) is 3.23. The molecule has 1 unspecified atom stereocenters. The second kappa shape index (κ2) is 11.0. The zero-order valence-electron chi connectivity index (χ0n) is 18.1. The van der Waals surface area contributed by atoms with E-state index in [1.807, 2.05) is 0 Å². The number of sulfonamides is 1. The summed E-state index contributed by atoms with van der Waals surface area (Å²) in [6.07, 6.45) is 1.43. The van der Waals surface area contributed by atoms with E-state index in [2.05, 4.69) is 4.72 Å². The van der Waals surface area contributed by atoms with E-state index in [0.29, 0.717) is 18.1 Å². The Balaban J connectivity index is 1.67. The first kappa shape index (κ1) is 25.0. The summed E-state index contributed by atoms with van der Waals surface area (Å²) in [5.74, 6) is -0.521. The molecule has 3 rings (SSSR count). The van der Waals surface area contributed by atoms with Gasteiger partial charge in [0.1, 0.15) is 4.90 Å². The first-order chi connectivity index (χ1) is 15.7. The van der Waals surface area contributed by atoms with Crippen molar-refractivity contribution in [3.63, 3.8) is 0 Å². The van der Waals surface area contributed by atoms with Gasteiger partial charge in [0.15, 0.2) is 23.9 Å². The van der Waals surface area contributed by atoms with Gasteiger partial charge < -0.3 is 18.9 Å². The Hall–Kier alpha value is -2.66. The fourth-order valence-corrected chi connectivity index (χ4v) is 4.82. The van der Waals surface area contributed by atoms with Crippen molar-refractivity contribution in [2.24, 2.45) is 0 Å². The van der Waals surface area contributed by atoms with E-state index < -0.39 is 28.4 Å². The summed E-state index contributed by atoms with van der Waals surface area (Å²) in [6, 6.07) is 8.28. The number of hydrogen-bond donors (Lipinski definition) is 1. The molecular weight excluding hydrogens is 474 g/mol. The lowest BCUT2D eigenvalue weighted by Gasteiger charge is -2.13. The van der Waals surface area contributed by atoms with Crippen LogP contribution in [0.2, 0.25) is 5.02 Å². The number of carbonyl (C=O) groups excluding carboxylic acids is 2. The van der Waals surface area contributed by atoms with Crippen molar-refractivity contribution < 1.29 is 37.0 Å². The van der Waals surface area contributed by atoms with Crippen LogP contribution in [-0.2, 0) is 19.5 Å². The normalized spacial score (nSPS) is 15.8. The van der Waals surface area contributed by atoms with Gasteiger partial charge in [-0.2, -0.15) is 0 Å². The molecular formula is C22H24ClNO8S. The molecule has 0 aliphatic carbocycles. The Labute approximate surface area is 197 Å². The Morgan fingerprint density at radius 3 is 2.48 bits per heavy atom. The third-order valence-corrected chi connectivity index (χ3v) is 6.93. The maximum Gasteiger partial charge on any atom is 0.338 e. The number of esters is 1. The van der Waals surface area contributed by atoms with Gasteiger partial charge in [0, 0.05) is 18.7 Å². The van der Waals surface area contributed by atoms with E-state index in [-0.39, 0.29) is 33.7 Å². The van der Waals surface area contributed by atoms with Crippen molar-refractivity contribution >= 4 is 33.4 Å². The smallest absolute Gasteiger partial charge is 0.338 e. The quantitative estimate of drug-likeness (QED) is 0.393. The summed E-state index contributed by atoms with van der Waals surface area (Å²) in [5.41, 5.74) is 0.204. The molecule has 0 aromatic heterocycles. The van der Waals surface area contributed by atoms with Gasteiger partial charge in [-0.1, -0.05) is 11.6 Å². The molecule has 1 aliphatic heterocycles. The van der Waals surface area contributed by atoms with Gasteiger partial charge in [-0.15, -0.1) is 0 Å². The van der Waals surface area contributed by atoms with Crippen LogP contribution in [0.3, 0.4) is 0 Å². The summed E-state index contributed by atoms with van der Waals surface area (Å²) >= 11 is 6.06. The molecule has 33 heavy (non-hydrogen) atoms. The predicted molar refractivity (Wildman–Crippen MR) is 120 cm³/mol. The lowest BCUT2D eigenvalue weighted by molar-refractivity contribution is 0.0474. The molecule has 0 amide bonds. The molecule has 1 aliphatic rings. The Kier molecular flexibility index (Phi) is 8.30. The number of carbonyl (C=O) groups is 2. The standard InChI is InChI=1S/C22H24ClNO8S/c1-29-19-8-6-14(10-20(19)30-2)18(25)13-32-22(26)15-5-7-17(23)21(11-15)33(27,28)24-12-16-4-3-9-31-16/h5-8,10-11,16,24H,3-4,9,12-13H2,1-2H3. The Morgan fingerprint density at radius 2 is 1.82 bits per heavy atom. The summed E-state index contributed by atoms with van der Waals surface area (Å²) in [6.45, 7) is 0.153. The van der Waals surface area contributed by atoms with Gasteiger partial charge >= 0.3 is 5.97 Å². The largest absolute Gasteiger partial charge is 0.493 e. The maximum atomic E-state index is 12.7. The van der Waals surface area contributed by atoms with Crippen LogP contribution in [0.1, 0.15) is 33.6 Å². The monoisotopic (exact) mass is 497 g/mol. The van der Waals surface area contributed by atoms with Crippen LogP contribution >= 0.6 is 11.6 Å². The highest BCUT2D eigenvalue weighted by atomic mass is 35.5. The van der Waals surface area contributed by atoms with Gasteiger partial charge in [-0.25, -0.2) is 17.9 Å². The van der Waals surface area contributed by atoms with E-state index in [0.717, 1.165) is 18.9 Å². The van der Waals surface area contributed by atoms with Crippen LogP contribution in [0, 0.1) is 0 Å². The Morgan fingerprint density at radius 1 is 1.09 bits per heavy atom. The minimum absolute atomic E-state index is 0.0483. The molecule has 0 saturated carbocycles. The van der Waals surface area contributed by atoms with E-state index in [9.17, 15) is 18.0 Å². The van der Waals surface area contributed by atoms with Gasteiger partial charge in [0.05, 0.1) is 30.9 Å². The molecule has 0 radical (unpaired) electrons. The summed E-state index contributed by atoms with van der Waals surface area (Å²) in [4.78, 5) is 24.6. The first-order valence-corrected chi connectivity index (χ1v) is 11.9. The SMILES string of the molecule is COc1ccc(C(=O)COC(=O)c2ccc(Cl)c(S(=O)(=O)NCC3CCCO3)c2)cc1OC. The van der Waals surface area contributed by atoms with E-state index in [4.69, 9.17) is 30.5 Å². The lowest BCUT2D eigenvalue weighted by Crippen LogP contribution is -2.32. The number of ether oxygens (including phenoxy) is 4. The topological polar surface area (TPSA) is 117 Å². The second-order valence-electron chi connectivity index (χ2n) is 7.20.